The summed E-state index contributed by atoms with van der Waals surface area (Å²) in [5, 5.41) is 0. The van der Waals surface area contributed by atoms with Crippen LogP contribution in [0.25, 0.3) is 22.6 Å². The van der Waals surface area contributed by atoms with Crippen molar-refractivity contribution in [2.75, 3.05) is 13.2 Å². The lowest BCUT2D eigenvalue weighted by molar-refractivity contribution is -0.174. The second-order valence-corrected chi connectivity index (χ2v) is 7.54. The van der Waals surface area contributed by atoms with E-state index in [4.69, 9.17) is 13.9 Å². The van der Waals surface area contributed by atoms with Crippen molar-refractivity contribution in [2.45, 2.75) is 34.1 Å². The first kappa shape index (κ1) is 23.2. The van der Waals surface area contributed by atoms with Gasteiger partial charge in [0.2, 0.25) is 5.89 Å². The Hall–Kier alpha value is -3.48. The number of hydrogen-bond donors (Lipinski definition) is 0. The average Bonchev–Trinajstić information content (AvgIpc) is 3.23. The summed E-state index contributed by atoms with van der Waals surface area (Å²) in [6.45, 7) is 6.63. The molecule has 0 aliphatic carbocycles. The predicted molar refractivity (Wildman–Crippen MR) is 119 cm³/mol. The number of Topliss-reactive ketones (excluding diaryl/α,β-unsaturated/α-hetero) is 1. The lowest BCUT2D eigenvalue weighted by Crippen LogP contribution is -2.48. The van der Waals surface area contributed by atoms with Crippen molar-refractivity contribution in [1.82, 2.24) is 4.98 Å². The van der Waals surface area contributed by atoms with E-state index in [2.05, 4.69) is 4.98 Å². The molecule has 7 heteroatoms. The first-order valence-electron chi connectivity index (χ1n) is 10.7. The molecule has 0 N–H and O–H groups in total. The van der Waals surface area contributed by atoms with Crippen molar-refractivity contribution in [3.8, 4) is 11.5 Å². The molecule has 3 rings (SSSR count). The summed E-state index contributed by atoms with van der Waals surface area (Å²) in [5.41, 5.74) is 0.425. The van der Waals surface area contributed by atoms with Gasteiger partial charge in [0.25, 0.3) is 0 Å². The summed E-state index contributed by atoms with van der Waals surface area (Å²) in [7, 11) is 0. The van der Waals surface area contributed by atoms with E-state index in [0.717, 1.165) is 5.56 Å². The highest BCUT2D eigenvalue weighted by molar-refractivity contribution is 6.09. The van der Waals surface area contributed by atoms with Crippen LogP contribution in [0.5, 0.6) is 0 Å². The molecule has 1 unspecified atom stereocenters. The normalized spacial score (nSPS) is 12.4. The number of carbonyl (C=O) groups is 3. The van der Waals surface area contributed by atoms with E-state index in [1.807, 2.05) is 30.3 Å². The molecule has 0 saturated heterocycles. The van der Waals surface area contributed by atoms with E-state index < -0.39 is 23.3 Å². The van der Waals surface area contributed by atoms with Crippen LogP contribution < -0.4 is 0 Å². The van der Waals surface area contributed by atoms with Crippen LogP contribution in [0.3, 0.4) is 0 Å². The summed E-state index contributed by atoms with van der Waals surface area (Å²) in [6, 6.07) is 14.3. The Kier molecular flexibility index (Phi) is 7.08. The highest BCUT2D eigenvalue weighted by Gasteiger charge is 2.53. The molecule has 0 aliphatic heterocycles. The number of esters is 2. The van der Waals surface area contributed by atoms with E-state index in [1.54, 1.807) is 39.0 Å². The number of ether oxygens (including phenoxy) is 2. The maximum atomic E-state index is 13.5. The summed E-state index contributed by atoms with van der Waals surface area (Å²) in [6.07, 6.45) is 0.247. The van der Waals surface area contributed by atoms with Gasteiger partial charge in [-0.25, -0.2) is 4.98 Å². The van der Waals surface area contributed by atoms with Crippen LogP contribution in [0.1, 0.15) is 44.5 Å². The highest BCUT2D eigenvalue weighted by Crippen LogP contribution is 2.36. The molecule has 32 heavy (non-hydrogen) atoms. The Balaban J connectivity index is 2.00. The minimum Gasteiger partial charge on any atom is -0.465 e. The molecule has 0 spiro atoms. The molecular formula is C25H27NO6. The van der Waals surface area contributed by atoms with E-state index >= 15 is 0 Å². The number of benzene rings is 2. The first-order valence-corrected chi connectivity index (χ1v) is 10.7. The second-order valence-electron chi connectivity index (χ2n) is 7.54. The van der Waals surface area contributed by atoms with Crippen LogP contribution >= 0.6 is 0 Å². The number of carbonyl (C=O) groups excluding carboxylic acids is 3. The van der Waals surface area contributed by atoms with Gasteiger partial charge in [0, 0.05) is 17.0 Å². The number of ketones is 1. The predicted octanol–water partition coefficient (Wildman–Crippen LogP) is 4.84. The third-order valence-corrected chi connectivity index (χ3v) is 5.51. The highest BCUT2D eigenvalue weighted by atomic mass is 16.6. The van der Waals surface area contributed by atoms with Crippen LogP contribution in [0.4, 0.5) is 0 Å². The third-order valence-electron chi connectivity index (χ3n) is 5.51. The van der Waals surface area contributed by atoms with Gasteiger partial charge in [0.1, 0.15) is 5.52 Å². The number of hydrogen-bond acceptors (Lipinski definition) is 7. The van der Waals surface area contributed by atoms with Crippen LogP contribution in [-0.2, 0) is 19.1 Å². The van der Waals surface area contributed by atoms with Crippen LogP contribution in [0.15, 0.2) is 52.9 Å². The minimum absolute atomic E-state index is 0.0880. The van der Waals surface area contributed by atoms with Crippen molar-refractivity contribution in [3.63, 3.8) is 0 Å². The second kappa shape index (κ2) is 9.77. The maximum absolute atomic E-state index is 13.5. The molecule has 1 atom stereocenters. The lowest BCUT2D eigenvalue weighted by Gasteiger charge is -2.31. The van der Waals surface area contributed by atoms with Gasteiger partial charge in [0.15, 0.2) is 16.8 Å². The largest absolute Gasteiger partial charge is 0.465 e. The van der Waals surface area contributed by atoms with E-state index in [1.165, 1.54) is 6.92 Å². The van der Waals surface area contributed by atoms with Gasteiger partial charge in [-0.2, -0.15) is 0 Å². The Morgan fingerprint density at radius 1 is 0.969 bits per heavy atom. The molecule has 0 amide bonds. The fourth-order valence-electron chi connectivity index (χ4n) is 3.77. The van der Waals surface area contributed by atoms with Gasteiger partial charge < -0.3 is 13.9 Å². The molecule has 2 aromatic carbocycles. The van der Waals surface area contributed by atoms with Gasteiger partial charge in [-0.15, -0.1) is 0 Å². The number of fused-ring (bicyclic) bond motifs is 1. The third kappa shape index (κ3) is 4.28. The summed E-state index contributed by atoms with van der Waals surface area (Å²) in [4.78, 5) is 43.5. The number of rotatable bonds is 9. The summed E-state index contributed by atoms with van der Waals surface area (Å²) < 4.78 is 16.2. The number of aromatic nitrogens is 1. The zero-order chi connectivity index (χ0) is 23.3. The maximum Gasteiger partial charge on any atom is 0.323 e. The SMILES string of the molecule is CCOC(=O)C(C)(C(=O)OCC)C(CC)C(=O)c1ccc2nc(-c3ccccc3)oc2c1. The van der Waals surface area contributed by atoms with Crippen molar-refractivity contribution in [1.29, 1.82) is 0 Å². The Morgan fingerprint density at radius 3 is 2.16 bits per heavy atom. The fourth-order valence-corrected chi connectivity index (χ4v) is 3.77. The average molecular weight is 437 g/mol. The van der Waals surface area contributed by atoms with Crippen molar-refractivity contribution >= 4 is 28.8 Å². The van der Waals surface area contributed by atoms with Gasteiger partial charge >= 0.3 is 11.9 Å². The van der Waals surface area contributed by atoms with Crippen molar-refractivity contribution < 1.29 is 28.3 Å². The molecule has 3 aromatic rings. The van der Waals surface area contributed by atoms with Gasteiger partial charge in [-0.3, -0.25) is 14.4 Å². The van der Waals surface area contributed by atoms with Gasteiger partial charge in [0.05, 0.1) is 13.2 Å². The topological polar surface area (TPSA) is 95.7 Å². The molecule has 0 bridgehead atoms. The quantitative estimate of drug-likeness (QED) is 0.269. The molecule has 1 aromatic heterocycles. The fraction of sp³-hybridized carbons (Fsp3) is 0.360. The van der Waals surface area contributed by atoms with Crippen LogP contribution in [-0.4, -0.2) is 35.9 Å². The smallest absolute Gasteiger partial charge is 0.323 e. The van der Waals surface area contributed by atoms with E-state index in [-0.39, 0.29) is 25.4 Å². The summed E-state index contributed by atoms with van der Waals surface area (Å²) in [5.74, 6) is -2.43. The molecule has 0 radical (unpaired) electrons. The zero-order valence-electron chi connectivity index (χ0n) is 18.7. The monoisotopic (exact) mass is 437 g/mol. The Labute approximate surface area is 186 Å². The van der Waals surface area contributed by atoms with Crippen LogP contribution in [0.2, 0.25) is 0 Å². The zero-order valence-corrected chi connectivity index (χ0v) is 18.7. The molecule has 0 aliphatic rings. The molecule has 0 saturated carbocycles. The van der Waals surface area contributed by atoms with E-state index in [0.29, 0.717) is 22.6 Å². The first-order chi connectivity index (χ1) is 15.4. The molecule has 168 valence electrons. The van der Waals surface area contributed by atoms with Crippen molar-refractivity contribution in [3.05, 3.63) is 54.1 Å². The van der Waals surface area contributed by atoms with Crippen molar-refractivity contribution in [2.24, 2.45) is 11.3 Å². The Bertz CT molecular complexity index is 1100. The Morgan fingerprint density at radius 2 is 1.59 bits per heavy atom. The van der Waals surface area contributed by atoms with Crippen LogP contribution in [0, 0.1) is 11.3 Å². The summed E-state index contributed by atoms with van der Waals surface area (Å²) >= 11 is 0. The number of oxazole rings is 1. The standard InChI is InChI=1S/C25H27NO6/c1-5-18(25(4,23(28)30-6-2)24(29)31-7-3)21(27)17-13-14-19-20(15-17)32-22(26-19)16-11-9-8-10-12-16/h8-15,18H,5-7H2,1-4H3. The molecule has 0 fully saturated rings. The van der Waals surface area contributed by atoms with Gasteiger partial charge in [-0.1, -0.05) is 25.1 Å². The lowest BCUT2D eigenvalue weighted by atomic mass is 9.71. The van der Waals surface area contributed by atoms with E-state index in [9.17, 15) is 14.4 Å². The molecule has 7 nitrogen and oxygen atoms in total. The number of nitrogens with zero attached hydrogens (tertiary/aromatic N) is 1. The molecule has 1 heterocycles. The minimum atomic E-state index is -1.76. The van der Waals surface area contributed by atoms with Gasteiger partial charge in [-0.05, 0) is 57.5 Å². The molecular weight excluding hydrogens is 410 g/mol.